The largest absolute Gasteiger partial charge is 0.505 e. The summed E-state index contributed by atoms with van der Waals surface area (Å²) in [7, 11) is 0. The molecular weight excluding hydrogens is 429 g/mol. The molecule has 1 saturated heterocycles. The molecule has 0 aliphatic carbocycles. The molecule has 5 nitrogen and oxygen atoms in total. The van der Waals surface area contributed by atoms with Crippen molar-refractivity contribution in [3.63, 3.8) is 0 Å². The van der Waals surface area contributed by atoms with Gasteiger partial charge < -0.3 is 10.4 Å². The molecule has 31 heavy (non-hydrogen) atoms. The standard InChI is InChI=1S/C22H22ClF3N4O/c1-13-3-2-6-30(11-13)12-14-7-16(23)9-19(21(14)31)29-17-4-5-27-18-8-15(22(24,25)26)10-28-20(17)18/h4-5,7-10,13,31H,2-3,6,11-12H2,1H3,(H,27,29). The van der Waals surface area contributed by atoms with Crippen LogP contribution in [-0.2, 0) is 12.7 Å². The Morgan fingerprint density at radius 2 is 2.03 bits per heavy atom. The number of aromatic hydroxyl groups is 1. The van der Waals surface area contributed by atoms with Crippen LogP contribution in [0.15, 0.2) is 36.7 Å². The SMILES string of the molecule is CC1CCCN(Cc2cc(Cl)cc(Nc3ccnc4cc(C(F)(F)F)cnc34)c2O)C1. The molecule has 1 atom stereocenters. The van der Waals surface area contributed by atoms with E-state index in [0.29, 0.717) is 34.4 Å². The highest BCUT2D eigenvalue weighted by atomic mass is 35.5. The van der Waals surface area contributed by atoms with E-state index in [-0.39, 0.29) is 16.8 Å². The van der Waals surface area contributed by atoms with Crippen molar-refractivity contribution in [2.45, 2.75) is 32.5 Å². The van der Waals surface area contributed by atoms with Gasteiger partial charge in [0.2, 0.25) is 0 Å². The first-order chi connectivity index (χ1) is 14.7. The number of rotatable bonds is 4. The normalized spacial score (nSPS) is 17.8. The number of phenols is 1. The number of piperidine rings is 1. The fourth-order valence-electron chi connectivity index (χ4n) is 3.97. The van der Waals surface area contributed by atoms with Gasteiger partial charge in [-0.3, -0.25) is 14.9 Å². The van der Waals surface area contributed by atoms with Gasteiger partial charge in [-0.25, -0.2) is 0 Å². The third kappa shape index (κ3) is 4.85. The number of fused-ring (bicyclic) bond motifs is 1. The predicted molar refractivity (Wildman–Crippen MR) is 115 cm³/mol. The van der Waals surface area contributed by atoms with Gasteiger partial charge in [0.05, 0.1) is 22.5 Å². The number of pyridine rings is 2. The van der Waals surface area contributed by atoms with Gasteiger partial charge in [-0.05, 0) is 49.6 Å². The second kappa shape index (κ2) is 8.51. The summed E-state index contributed by atoms with van der Waals surface area (Å²) in [6.45, 7) is 4.69. The maximum atomic E-state index is 13.0. The molecule has 1 fully saturated rings. The number of alkyl halides is 3. The minimum atomic E-state index is -4.50. The highest BCUT2D eigenvalue weighted by Crippen LogP contribution is 2.37. The molecule has 3 aromatic rings. The molecule has 1 aliphatic heterocycles. The fraction of sp³-hybridized carbons (Fsp3) is 0.364. The maximum absolute atomic E-state index is 13.0. The van der Waals surface area contributed by atoms with Crippen LogP contribution in [0.5, 0.6) is 5.75 Å². The van der Waals surface area contributed by atoms with Crippen LogP contribution < -0.4 is 5.32 Å². The quantitative estimate of drug-likeness (QED) is 0.478. The number of benzene rings is 1. The summed E-state index contributed by atoms with van der Waals surface area (Å²) < 4.78 is 39.0. The van der Waals surface area contributed by atoms with Crippen LogP contribution in [0.1, 0.15) is 30.9 Å². The summed E-state index contributed by atoms with van der Waals surface area (Å²) in [4.78, 5) is 10.2. The van der Waals surface area contributed by atoms with E-state index in [9.17, 15) is 18.3 Å². The molecule has 0 bridgehead atoms. The number of aromatic nitrogens is 2. The summed E-state index contributed by atoms with van der Waals surface area (Å²) in [5.41, 5.74) is 0.976. The van der Waals surface area contributed by atoms with Gasteiger partial charge in [0.15, 0.2) is 0 Å². The van der Waals surface area contributed by atoms with Crippen LogP contribution >= 0.6 is 11.6 Å². The average Bonchev–Trinajstić information content (AvgIpc) is 2.70. The average molecular weight is 451 g/mol. The smallest absolute Gasteiger partial charge is 0.417 e. The van der Waals surface area contributed by atoms with Crippen molar-refractivity contribution in [2.24, 2.45) is 5.92 Å². The zero-order valence-electron chi connectivity index (χ0n) is 16.9. The highest BCUT2D eigenvalue weighted by molar-refractivity contribution is 6.31. The van der Waals surface area contributed by atoms with Gasteiger partial charge in [0.25, 0.3) is 0 Å². The maximum Gasteiger partial charge on any atom is 0.417 e. The summed E-state index contributed by atoms with van der Waals surface area (Å²) in [6.07, 6.45) is -0.0241. The Bertz CT molecular complexity index is 1110. The van der Waals surface area contributed by atoms with Crippen LogP contribution in [0, 0.1) is 5.92 Å². The van der Waals surface area contributed by atoms with Crippen LogP contribution in [0.2, 0.25) is 5.02 Å². The minimum absolute atomic E-state index is 0.0551. The molecule has 9 heteroatoms. The third-order valence-electron chi connectivity index (χ3n) is 5.46. The summed E-state index contributed by atoms with van der Waals surface area (Å²) in [5, 5.41) is 14.4. The highest BCUT2D eigenvalue weighted by Gasteiger charge is 2.31. The second-order valence-corrected chi connectivity index (χ2v) is 8.45. The molecule has 2 aromatic heterocycles. The predicted octanol–water partition coefficient (Wildman–Crippen LogP) is 5.98. The second-order valence-electron chi connectivity index (χ2n) is 8.02. The Labute approximate surface area is 182 Å². The van der Waals surface area contributed by atoms with Crippen molar-refractivity contribution in [1.82, 2.24) is 14.9 Å². The first kappa shape index (κ1) is 21.6. The van der Waals surface area contributed by atoms with Crippen molar-refractivity contribution < 1.29 is 18.3 Å². The number of hydrogen-bond donors (Lipinski definition) is 2. The zero-order valence-corrected chi connectivity index (χ0v) is 17.6. The molecule has 0 spiro atoms. The lowest BCUT2D eigenvalue weighted by molar-refractivity contribution is -0.137. The van der Waals surface area contributed by atoms with Crippen molar-refractivity contribution in [2.75, 3.05) is 18.4 Å². The summed E-state index contributed by atoms with van der Waals surface area (Å²) in [5.74, 6) is 0.656. The zero-order chi connectivity index (χ0) is 22.2. The van der Waals surface area contributed by atoms with Crippen molar-refractivity contribution in [1.29, 1.82) is 0 Å². The van der Waals surface area contributed by atoms with E-state index in [1.165, 1.54) is 12.6 Å². The molecule has 1 aliphatic rings. The lowest BCUT2D eigenvalue weighted by Gasteiger charge is -2.31. The van der Waals surface area contributed by atoms with Crippen LogP contribution in [-0.4, -0.2) is 33.1 Å². The lowest BCUT2D eigenvalue weighted by Crippen LogP contribution is -2.33. The molecule has 0 amide bonds. The number of anilines is 2. The number of likely N-dealkylation sites (tertiary alicyclic amines) is 1. The van der Waals surface area contributed by atoms with Crippen molar-refractivity contribution >= 4 is 34.0 Å². The number of hydrogen-bond acceptors (Lipinski definition) is 5. The Balaban J connectivity index is 1.65. The van der Waals surface area contributed by atoms with Gasteiger partial charge in [-0.1, -0.05) is 18.5 Å². The number of phenolic OH excluding ortho intramolecular Hbond substituents is 1. The first-order valence-corrected chi connectivity index (χ1v) is 10.4. The van der Waals surface area contributed by atoms with Gasteiger partial charge in [0, 0.05) is 36.1 Å². The molecule has 1 unspecified atom stereocenters. The number of nitrogens with one attached hydrogen (secondary N) is 1. The molecule has 2 N–H and O–H groups in total. The van der Waals surface area contributed by atoms with E-state index in [1.54, 1.807) is 18.2 Å². The lowest BCUT2D eigenvalue weighted by atomic mass is 9.99. The molecule has 0 radical (unpaired) electrons. The van der Waals surface area contributed by atoms with Gasteiger partial charge in [-0.2, -0.15) is 13.2 Å². The molecular formula is C22H22ClF3N4O. The molecule has 0 saturated carbocycles. The Hall–Kier alpha value is -2.58. The van der Waals surface area contributed by atoms with E-state index in [0.717, 1.165) is 31.8 Å². The molecule has 4 rings (SSSR count). The summed E-state index contributed by atoms with van der Waals surface area (Å²) in [6, 6.07) is 5.86. The van der Waals surface area contributed by atoms with E-state index in [1.807, 2.05) is 0 Å². The Morgan fingerprint density at radius 3 is 2.77 bits per heavy atom. The van der Waals surface area contributed by atoms with Crippen LogP contribution in [0.4, 0.5) is 24.5 Å². The Morgan fingerprint density at radius 1 is 1.23 bits per heavy atom. The topological polar surface area (TPSA) is 61.3 Å². The minimum Gasteiger partial charge on any atom is -0.505 e. The molecule has 3 heterocycles. The van der Waals surface area contributed by atoms with E-state index >= 15 is 0 Å². The van der Waals surface area contributed by atoms with E-state index in [4.69, 9.17) is 11.6 Å². The van der Waals surface area contributed by atoms with Gasteiger partial charge >= 0.3 is 6.18 Å². The number of nitrogens with zero attached hydrogens (tertiary/aromatic N) is 3. The molecule has 164 valence electrons. The number of halogens is 4. The Kier molecular flexibility index (Phi) is 5.94. The van der Waals surface area contributed by atoms with Crippen molar-refractivity contribution in [3.8, 4) is 5.75 Å². The third-order valence-corrected chi connectivity index (χ3v) is 5.68. The van der Waals surface area contributed by atoms with E-state index in [2.05, 4.69) is 27.1 Å². The molecule has 1 aromatic carbocycles. The van der Waals surface area contributed by atoms with Crippen LogP contribution in [0.25, 0.3) is 11.0 Å². The first-order valence-electron chi connectivity index (χ1n) is 10.0. The van der Waals surface area contributed by atoms with Crippen LogP contribution in [0.3, 0.4) is 0 Å². The van der Waals surface area contributed by atoms with E-state index < -0.39 is 11.7 Å². The monoisotopic (exact) mass is 450 g/mol. The summed E-state index contributed by atoms with van der Waals surface area (Å²) >= 11 is 6.30. The van der Waals surface area contributed by atoms with Gasteiger partial charge in [-0.15, -0.1) is 0 Å². The fourth-order valence-corrected chi connectivity index (χ4v) is 4.21. The van der Waals surface area contributed by atoms with Gasteiger partial charge in [0.1, 0.15) is 11.3 Å². The van der Waals surface area contributed by atoms with Crippen molar-refractivity contribution in [3.05, 3.63) is 52.8 Å².